The van der Waals surface area contributed by atoms with E-state index in [-0.39, 0.29) is 0 Å². The summed E-state index contributed by atoms with van der Waals surface area (Å²) >= 11 is 0. The largest absolute Gasteiger partial charge is 0.478 e. The average molecular weight is 286 g/mol. The van der Waals surface area contributed by atoms with E-state index in [1.807, 2.05) is 0 Å². The van der Waals surface area contributed by atoms with Crippen molar-refractivity contribution in [1.82, 2.24) is 0 Å². The summed E-state index contributed by atoms with van der Waals surface area (Å²) in [5, 5.41) is 0. The molecule has 0 unspecified atom stereocenters. The van der Waals surface area contributed by atoms with E-state index in [1.165, 1.54) is 6.07 Å². The van der Waals surface area contributed by atoms with Gasteiger partial charge in [0.25, 0.3) is 0 Å². The zero-order valence-corrected chi connectivity index (χ0v) is 8.80. The molecule has 1 aromatic carbocycles. The minimum Gasteiger partial charge on any atom is -0.437 e. The summed E-state index contributed by atoms with van der Waals surface area (Å²) in [7, 11) is 0. The number of cyclic esters (lactones) is 1. The van der Waals surface area contributed by atoms with Gasteiger partial charge in [-0.1, -0.05) is 12.1 Å². The summed E-state index contributed by atoms with van der Waals surface area (Å²) in [4.78, 5) is 11.3. The highest BCUT2D eigenvalue weighted by atomic mass is 19.4. The first-order valence-electron chi connectivity index (χ1n) is 4.73. The summed E-state index contributed by atoms with van der Waals surface area (Å²) in [6.45, 7) is 0. The Morgan fingerprint density at radius 1 is 0.895 bits per heavy atom. The van der Waals surface area contributed by atoms with Gasteiger partial charge in [-0.2, -0.15) is 26.3 Å². The van der Waals surface area contributed by atoms with Crippen LogP contribution in [-0.2, 0) is 4.74 Å². The van der Waals surface area contributed by atoms with Crippen LogP contribution in [0.15, 0.2) is 24.3 Å². The van der Waals surface area contributed by atoms with Crippen LogP contribution >= 0.6 is 0 Å². The fourth-order valence-corrected chi connectivity index (χ4v) is 1.48. The van der Waals surface area contributed by atoms with Crippen molar-refractivity contribution in [3.8, 4) is 5.75 Å². The summed E-state index contributed by atoms with van der Waals surface area (Å²) < 4.78 is 83.3. The molecular weight excluding hydrogens is 282 g/mol. The van der Waals surface area contributed by atoms with Crippen molar-refractivity contribution in [3.63, 3.8) is 0 Å². The van der Waals surface area contributed by atoms with Crippen LogP contribution in [0, 0.1) is 0 Å². The first-order valence-corrected chi connectivity index (χ1v) is 4.73. The quantitative estimate of drug-likeness (QED) is 0.543. The van der Waals surface area contributed by atoms with Crippen LogP contribution in [-0.4, -0.2) is 24.1 Å². The van der Waals surface area contributed by atoms with Crippen molar-refractivity contribution in [1.29, 1.82) is 0 Å². The molecule has 1 heterocycles. The lowest BCUT2D eigenvalue weighted by molar-refractivity contribution is -0.432. The minimum absolute atomic E-state index is 0.508. The highest BCUT2D eigenvalue weighted by molar-refractivity contribution is 5.93. The number of hydrogen-bond acceptors (Lipinski definition) is 3. The monoisotopic (exact) mass is 286 g/mol. The second-order valence-corrected chi connectivity index (χ2v) is 3.60. The van der Waals surface area contributed by atoms with Gasteiger partial charge in [-0.3, -0.25) is 0 Å². The maximum Gasteiger partial charge on any atom is 0.478 e. The number of benzene rings is 1. The lowest BCUT2D eigenvalue weighted by Gasteiger charge is -2.38. The molecule has 0 N–H and O–H groups in total. The van der Waals surface area contributed by atoms with E-state index in [9.17, 15) is 31.1 Å². The molecule has 1 aliphatic rings. The van der Waals surface area contributed by atoms with E-state index in [0.29, 0.717) is 0 Å². The summed E-state index contributed by atoms with van der Waals surface area (Å²) in [6, 6.07) is 4.20. The maximum atomic E-state index is 12.6. The van der Waals surface area contributed by atoms with Gasteiger partial charge in [-0.15, -0.1) is 0 Å². The van der Waals surface area contributed by atoms with Gasteiger partial charge in [0.15, 0.2) is 0 Å². The van der Waals surface area contributed by atoms with E-state index in [4.69, 9.17) is 0 Å². The molecule has 2 rings (SSSR count). The molecule has 9 heteroatoms. The molecule has 0 fully saturated rings. The molecule has 0 atom stereocenters. The highest BCUT2D eigenvalue weighted by Crippen LogP contribution is 2.49. The number of esters is 1. The predicted octanol–water partition coefficient (Wildman–Crippen LogP) is 3.06. The number of ether oxygens (including phenoxy) is 2. The van der Waals surface area contributed by atoms with Gasteiger partial charge in [0.2, 0.25) is 0 Å². The predicted molar refractivity (Wildman–Crippen MR) is 47.3 cm³/mol. The number of rotatable bonds is 0. The highest BCUT2D eigenvalue weighted by Gasteiger charge is 2.79. The Balaban J connectivity index is 2.60. The molecule has 0 amide bonds. The third-order valence-corrected chi connectivity index (χ3v) is 2.34. The number of halogens is 6. The molecule has 0 saturated carbocycles. The van der Waals surface area contributed by atoms with Gasteiger partial charge < -0.3 is 9.47 Å². The zero-order valence-electron chi connectivity index (χ0n) is 8.80. The molecule has 0 aliphatic carbocycles. The Hall–Kier alpha value is -1.93. The van der Waals surface area contributed by atoms with Gasteiger partial charge in [-0.25, -0.2) is 4.79 Å². The van der Waals surface area contributed by atoms with Crippen molar-refractivity contribution in [3.05, 3.63) is 29.8 Å². The zero-order chi connectivity index (χ0) is 14.5. The Morgan fingerprint density at radius 3 is 1.95 bits per heavy atom. The molecule has 0 bridgehead atoms. The van der Waals surface area contributed by atoms with E-state index in [1.54, 1.807) is 0 Å². The molecule has 3 nitrogen and oxygen atoms in total. The van der Waals surface area contributed by atoms with Crippen LogP contribution < -0.4 is 4.74 Å². The number of carbonyl (C=O) groups is 1. The minimum atomic E-state index is -5.96. The second kappa shape index (κ2) is 3.78. The van der Waals surface area contributed by atoms with Crippen LogP contribution in [0.1, 0.15) is 10.4 Å². The second-order valence-electron chi connectivity index (χ2n) is 3.60. The standard InChI is InChI=1S/C10H4F6O3/c11-9(12,13)8(10(14,15)16)18-6-4-2-1-3-5(6)7(17)19-8/h1-4H. The lowest BCUT2D eigenvalue weighted by atomic mass is 10.1. The van der Waals surface area contributed by atoms with Crippen molar-refractivity contribution >= 4 is 5.97 Å². The van der Waals surface area contributed by atoms with Crippen molar-refractivity contribution in [2.45, 2.75) is 18.1 Å². The fourth-order valence-electron chi connectivity index (χ4n) is 1.48. The molecule has 1 aliphatic heterocycles. The first kappa shape index (κ1) is 13.5. The summed E-state index contributed by atoms with van der Waals surface area (Å²) in [5.41, 5.74) is -0.508. The molecule has 0 radical (unpaired) electrons. The fraction of sp³-hybridized carbons (Fsp3) is 0.300. The van der Waals surface area contributed by atoms with E-state index < -0.39 is 35.4 Å². The molecule has 0 aromatic heterocycles. The van der Waals surface area contributed by atoms with Crippen LogP contribution in [0.4, 0.5) is 26.3 Å². The average Bonchev–Trinajstić information content (AvgIpc) is 2.26. The van der Waals surface area contributed by atoms with Gasteiger partial charge in [-0.05, 0) is 12.1 Å². The summed E-state index contributed by atoms with van der Waals surface area (Å²) in [5.74, 6) is -7.57. The van der Waals surface area contributed by atoms with Crippen LogP contribution in [0.3, 0.4) is 0 Å². The third-order valence-electron chi connectivity index (χ3n) is 2.34. The molecule has 19 heavy (non-hydrogen) atoms. The Kier molecular flexibility index (Phi) is 2.69. The molecule has 104 valence electrons. The smallest absolute Gasteiger partial charge is 0.437 e. The molecule has 1 aromatic rings. The van der Waals surface area contributed by atoms with Crippen molar-refractivity contribution in [2.75, 3.05) is 0 Å². The Morgan fingerprint density at radius 2 is 1.42 bits per heavy atom. The van der Waals surface area contributed by atoms with Crippen LogP contribution in [0.5, 0.6) is 5.75 Å². The normalized spacial score (nSPS) is 18.3. The van der Waals surface area contributed by atoms with Gasteiger partial charge in [0.05, 0.1) is 0 Å². The first-order chi connectivity index (χ1) is 8.58. The van der Waals surface area contributed by atoms with E-state index >= 15 is 0 Å². The molecular formula is C10H4F6O3. The third kappa shape index (κ3) is 1.89. The van der Waals surface area contributed by atoms with Gasteiger partial charge >= 0.3 is 24.1 Å². The van der Waals surface area contributed by atoms with Crippen LogP contribution in [0.25, 0.3) is 0 Å². The Bertz CT molecular complexity index is 505. The SMILES string of the molecule is O=C1OC(C(F)(F)F)(C(F)(F)F)Oc2ccccc21. The number of fused-ring (bicyclic) bond motifs is 1. The van der Waals surface area contributed by atoms with Gasteiger partial charge in [0, 0.05) is 0 Å². The van der Waals surface area contributed by atoms with Gasteiger partial charge in [0.1, 0.15) is 11.3 Å². The topological polar surface area (TPSA) is 35.5 Å². The number of alkyl halides is 6. The number of hydrogen-bond donors (Lipinski definition) is 0. The molecule has 0 saturated heterocycles. The number of carbonyl (C=O) groups excluding carboxylic acids is 1. The van der Waals surface area contributed by atoms with Crippen molar-refractivity contribution < 1.29 is 40.6 Å². The molecule has 0 spiro atoms. The summed E-state index contributed by atoms with van der Waals surface area (Å²) in [6.07, 6.45) is -11.9. The van der Waals surface area contributed by atoms with Crippen molar-refractivity contribution in [2.24, 2.45) is 0 Å². The van der Waals surface area contributed by atoms with Crippen LogP contribution in [0.2, 0.25) is 0 Å². The van der Waals surface area contributed by atoms with E-state index in [0.717, 1.165) is 18.2 Å². The van der Waals surface area contributed by atoms with E-state index in [2.05, 4.69) is 9.47 Å². The number of para-hydroxylation sites is 1. The Labute approximate surface area is 101 Å². The maximum absolute atomic E-state index is 12.6. The lowest BCUT2D eigenvalue weighted by Crippen LogP contribution is -2.65.